The minimum atomic E-state index is -4.08. The van der Waals surface area contributed by atoms with Crippen molar-refractivity contribution in [2.45, 2.75) is 30.4 Å². The Kier molecular flexibility index (Phi) is 4.61. The Balaban J connectivity index is 2.11. The van der Waals surface area contributed by atoms with Gasteiger partial charge in [0.05, 0.1) is 10.8 Å². The van der Waals surface area contributed by atoms with Gasteiger partial charge in [0.2, 0.25) is 10.0 Å². The largest absolute Gasteiger partial charge is 0.481 e. The lowest BCUT2D eigenvalue weighted by Crippen LogP contribution is -2.46. The third-order valence-electron chi connectivity index (χ3n) is 3.24. The van der Waals surface area contributed by atoms with Crippen molar-refractivity contribution in [2.24, 2.45) is 5.92 Å². The summed E-state index contributed by atoms with van der Waals surface area (Å²) in [6, 6.07) is 1.70. The van der Waals surface area contributed by atoms with E-state index in [0.717, 1.165) is 6.07 Å². The van der Waals surface area contributed by atoms with Gasteiger partial charge >= 0.3 is 12.6 Å². The molecule has 1 fully saturated rings. The molecule has 0 aromatic heterocycles. The second-order valence-electron chi connectivity index (χ2n) is 4.80. The predicted molar refractivity (Wildman–Crippen MR) is 67.5 cm³/mol. The highest BCUT2D eigenvalue weighted by Gasteiger charge is 2.37. The van der Waals surface area contributed by atoms with Gasteiger partial charge in [0.1, 0.15) is 0 Å². The SMILES string of the molecule is O=C(O)C1CC(NS(=O)(=O)c2ccc(F)c(OC(F)F)c2)C1. The van der Waals surface area contributed by atoms with Gasteiger partial charge in [0.25, 0.3) is 0 Å². The van der Waals surface area contributed by atoms with E-state index in [9.17, 15) is 26.4 Å². The molecule has 10 heteroatoms. The van der Waals surface area contributed by atoms with Gasteiger partial charge in [0.15, 0.2) is 11.6 Å². The van der Waals surface area contributed by atoms with E-state index < -0.39 is 51.0 Å². The summed E-state index contributed by atoms with van der Waals surface area (Å²) in [4.78, 5) is 10.2. The second kappa shape index (κ2) is 6.13. The van der Waals surface area contributed by atoms with Crippen LogP contribution in [0.25, 0.3) is 0 Å². The fourth-order valence-electron chi connectivity index (χ4n) is 2.04. The molecule has 6 nitrogen and oxygen atoms in total. The number of aliphatic carboxylic acids is 1. The third-order valence-corrected chi connectivity index (χ3v) is 4.76. The molecule has 2 rings (SSSR count). The standard InChI is InChI=1S/C12H12F3NO5S/c13-9-2-1-8(5-10(9)21-12(14)15)22(19,20)16-7-3-6(4-7)11(17)18/h1-2,5-7,12,16H,3-4H2,(H,17,18). The van der Waals surface area contributed by atoms with E-state index in [4.69, 9.17) is 5.11 Å². The highest BCUT2D eigenvalue weighted by molar-refractivity contribution is 7.89. The summed E-state index contributed by atoms with van der Waals surface area (Å²) < 4.78 is 67.7. The number of nitrogens with one attached hydrogen (secondary N) is 1. The van der Waals surface area contributed by atoms with Gasteiger partial charge in [-0.15, -0.1) is 0 Å². The van der Waals surface area contributed by atoms with E-state index in [1.807, 2.05) is 0 Å². The summed E-state index contributed by atoms with van der Waals surface area (Å²) in [6.45, 7) is -3.29. The molecule has 0 atom stereocenters. The second-order valence-corrected chi connectivity index (χ2v) is 6.51. The van der Waals surface area contributed by atoms with Gasteiger partial charge in [-0.3, -0.25) is 4.79 Å². The molecule has 2 N–H and O–H groups in total. The molecule has 1 aliphatic carbocycles. The van der Waals surface area contributed by atoms with Crippen LogP contribution in [0.15, 0.2) is 23.1 Å². The summed E-state index contributed by atoms with van der Waals surface area (Å²) in [7, 11) is -4.08. The van der Waals surface area contributed by atoms with Crippen molar-refractivity contribution in [3.8, 4) is 5.75 Å². The van der Waals surface area contributed by atoms with Crippen molar-refractivity contribution in [3.63, 3.8) is 0 Å². The van der Waals surface area contributed by atoms with Crippen LogP contribution in [0.2, 0.25) is 0 Å². The van der Waals surface area contributed by atoms with Crippen LogP contribution in [0.4, 0.5) is 13.2 Å². The molecule has 0 radical (unpaired) electrons. The van der Waals surface area contributed by atoms with Crippen LogP contribution < -0.4 is 9.46 Å². The van der Waals surface area contributed by atoms with Gasteiger partial charge in [-0.25, -0.2) is 17.5 Å². The predicted octanol–water partition coefficient (Wildman–Crippen LogP) is 1.57. The van der Waals surface area contributed by atoms with E-state index in [1.54, 1.807) is 0 Å². The Hall–Kier alpha value is -1.81. The molecule has 0 bridgehead atoms. The first-order chi connectivity index (χ1) is 10.2. The minimum absolute atomic E-state index is 0.135. The zero-order chi connectivity index (χ0) is 16.5. The summed E-state index contributed by atoms with van der Waals surface area (Å²) in [5.74, 6) is -3.62. The molecule has 0 saturated heterocycles. The zero-order valence-corrected chi connectivity index (χ0v) is 11.8. The maximum atomic E-state index is 13.3. The molecule has 1 saturated carbocycles. The number of alkyl halides is 2. The van der Waals surface area contributed by atoms with Crippen LogP contribution >= 0.6 is 0 Å². The highest BCUT2D eigenvalue weighted by atomic mass is 32.2. The topological polar surface area (TPSA) is 92.7 Å². The number of benzene rings is 1. The van der Waals surface area contributed by atoms with E-state index in [2.05, 4.69) is 9.46 Å². The first-order valence-electron chi connectivity index (χ1n) is 6.18. The smallest absolute Gasteiger partial charge is 0.387 e. The normalized spacial score (nSPS) is 21.5. The van der Waals surface area contributed by atoms with E-state index >= 15 is 0 Å². The Bertz CT molecular complexity index is 673. The van der Waals surface area contributed by atoms with Crippen LogP contribution in [-0.2, 0) is 14.8 Å². The monoisotopic (exact) mass is 339 g/mol. The van der Waals surface area contributed by atoms with Crippen molar-refractivity contribution < 1.29 is 36.2 Å². The minimum Gasteiger partial charge on any atom is -0.481 e. The molecular weight excluding hydrogens is 327 g/mol. The van der Waals surface area contributed by atoms with Crippen LogP contribution in [0.3, 0.4) is 0 Å². The van der Waals surface area contributed by atoms with Crippen LogP contribution in [0, 0.1) is 11.7 Å². The number of rotatable bonds is 6. The van der Waals surface area contributed by atoms with Gasteiger partial charge in [-0.1, -0.05) is 0 Å². The van der Waals surface area contributed by atoms with Gasteiger partial charge in [0, 0.05) is 12.1 Å². The molecule has 122 valence electrons. The number of ether oxygens (including phenoxy) is 1. The number of halogens is 3. The lowest BCUT2D eigenvalue weighted by Gasteiger charge is -2.32. The third kappa shape index (κ3) is 3.69. The van der Waals surface area contributed by atoms with Crippen molar-refractivity contribution in [1.29, 1.82) is 0 Å². The van der Waals surface area contributed by atoms with E-state index in [-0.39, 0.29) is 12.8 Å². The van der Waals surface area contributed by atoms with Crippen LogP contribution in [0.1, 0.15) is 12.8 Å². The summed E-state index contributed by atoms with van der Waals surface area (Å²) in [5, 5.41) is 8.71. The van der Waals surface area contributed by atoms with Gasteiger partial charge in [-0.2, -0.15) is 8.78 Å². The Morgan fingerprint density at radius 1 is 1.36 bits per heavy atom. The number of sulfonamides is 1. The Labute approximate surface area is 123 Å². The summed E-state index contributed by atoms with van der Waals surface area (Å²) in [5.41, 5.74) is 0. The number of carboxylic acids is 1. The molecule has 0 heterocycles. The fourth-order valence-corrected chi connectivity index (χ4v) is 3.32. The number of carbonyl (C=O) groups is 1. The molecule has 1 aliphatic rings. The summed E-state index contributed by atoms with van der Waals surface area (Å²) in [6.07, 6.45) is 0.270. The maximum absolute atomic E-state index is 13.3. The highest BCUT2D eigenvalue weighted by Crippen LogP contribution is 2.30. The Morgan fingerprint density at radius 2 is 2.00 bits per heavy atom. The molecular formula is C12H12F3NO5S. The van der Waals surface area contributed by atoms with E-state index in [0.29, 0.717) is 12.1 Å². The number of hydrogen-bond donors (Lipinski definition) is 2. The molecule has 1 aromatic rings. The van der Waals surface area contributed by atoms with Crippen molar-refractivity contribution in [1.82, 2.24) is 4.72 Å². The molecule has 0 amide bonds. The average Bonchev–Trinajstić information content (AvgIpc) is 2.34. The maximum Gasteiger partial charge on any atom is 0.387 e. The van der Waals surface area contributed by atoms with Crippen LogP contribution in [-0.4, -0.2) is 32.1 Å². The molecule has 0 spiro atoms. The number of carboxylic acid groups (broad SMARTS) is 1. The zero-order valence-electron chi connectivity index (χ0n) is 11.0. The van der Waals surface area contributed by atoms with Crippen molar-refractivity contribution in [3.05, 3.63) is 24.0 Å². The number of hydrogen-bond acceptors (Lipinski definition) is 4. The molecule has 0 unspecified atom stereocenters. The fraction of sp³-hybridized carbons (Fsp3) is 0.417. The first kappa shape index (κ1) is 16.6. The first-order valence-corrected chi connectivity index (χ1v) is 7.67. The summed E-state index contributed by atoms with van der Waals surface area (Å²) >= 11 is 0. The van der Waals surface area contributed by atoms with Crippen LogP contribution in [0.5, 0.6) is 5.75 Å². The van der Waals surface area contributed by atoms with Gasteiger partial charge < -0.3 is 9.84 Å². The molecule has 1 aromatic carbocycles. The average molecular weight is 339 g/mol. The quantitative estimate of drug-likeness (QED) is 0.821. The van der Waals surface area contributed by atoms with Gasteiger partial charge in [-0.05, 0) is 25.0 Å². The lowest BCUT2D eigenvalue weighted by atomic mass is 9.81. The Morgan fingerprint density at radius 3 is 2.55 bits per heavy atom. The van der Waals surface area contributed by atoms with Crippen molar-refractivity contribution >= 4 is 16.0 Å². The molecule has 22 heavy (non-hydrogen) atoms. The lowest BCUT2D eigenvalue weighted by molar-refractivity contribution is -0.145. The van der Waals surface area contributed by atoms with E-state index in [1.165, 1.54) is 0 Å². The van der Waals surface area contributed by atoms with Crippen molar-refractivity contribution in [2.75, 3.05) is 0 Å². The molecule has 0 aliphatic heterocycles.